The number of Topliss-reactive ketones (excluding diaryl/α,β-unsaturated/α-hetero) is 1. The van der Waals surface area contributed by atoms with Crippen molar-refractivity contribution < 1.29 is 4.79 Å². The van der Waals surface area contributed by atoms with Crippen molar-refractivity contribution in [3.05, 3.63) is 22.4 Å². The third-order valence-corrected chi connectivity index (χ3v) is 2.74. The molecular formula is C10H16ClNOS. The van der Waals surface area contributed by atoms with Crippen LogP contribution in [0.1, 0.15) is 16.6 Å². The highest BCUT2D eigenvalue weighted by atomic mass is 35.5. The molecule has 0 N–H and O–H groups in total. The second-order valence-electron chi connectivity index (χ2n) is 3.50. The van der Waals surface area contributed by atoms with E-state index in [4.69, 9.17) is 0 Å². The fourth-order valence-electron chi connectivity index (χ4n) is 1.29. The van der Waals surface area contributed by atoms with E-state index in [1.54, 1.807) is 0 Å². The normalized spacial score (nSPS) is 12.3. The fourth-order valence-corrected chi connectivity index (χ4v) is 2.07. The number of ketones is 1. The van der Waals surface area contributed by atoms with Crippen LogP contribution in [0.15, 0.2) is 17.5 Å². The molecule has 0 bridgehead atoms. The van der Waals surface area contributed by atoms with E-state index in [1.807, 2.05) is 43.4 Å². The van der Waals surface area contributed by atoms with E-state index in [-0.39, 0.29) is 24.1 Å². The Kier molecular flexibility index (Phi) is 6.00. The molecule has 1 heterocycles. The van der Waals surface area contributed by atoms with Crippen LogP contribution < -0.4 is 0 Å². The second kappa shape index (κ2) is 6.17. The molecule has 0 aliphatic heterocycles. The van der Waals surface area contributed by atoms with Crippen molar-refractivity contribution in [1.29, 1.82) is 0 Å². The van der Waals surface area contributed by atoms with Gasteiger partial charge in [0, 0.05) is 12.5 Å². The average molecular weight is 234 g/mol. The Morgan fingerprint density at radius 1 is 1.57 bits per heavy atom. The number of hydrogen-bond acceptors (Lipinski definition) is 3. The lowest BCUT2D eigenvalue weighted by atomic mass is 10.1. The fraction of sp³-hybridized carbons (Fsp3) is 0.500. The zero-order chi connectivity index (χ0) is 9.84. The highest BCUT2D eigenvalue weighted by Crippen LogP contribution is 2.14. The van der Waals surface area contributed by atoms with Crippen molar-refractivity contribution in [2.75, 3.05) is 20.6 Å². The number of carbonyl (C=O) groups is 1. The number of thiophene rings is 1. The van der Waals surface area contributed by atoms with Gasteiger partial charge in [0.25, 0.3) is 0 Å². The molecule has 0 saturated heterocycles. The SMILES string of the molecule is CC(CN(C)C)C(=O)c1cccs1.Cl. The lowest BCUT2D eigenvalue weighted by molar-refractivity contribution is 0.0914. The van der Waals surface area contributed by atoms with Gasteiger partial charge in [-0.1, -0.05) is 13.0 Å². The Hall–Kier alpha value is -0.380. The minimum Gasteiger partial charge on any atom is -0.309 e. The molecule has 80 valence electrons. The molecule has 0 aliphatic rings. The Balaban J connectivity index is 0.00000169. The van der Waals surface area contributed by atoms with E-state index in [2.05, 4.69) is 0 Å². The second-order valence-corrected chi connectivity index (χ2v) is 4.45. The quantitative estimate of drug-likeness (QED) is 0.745. The summed E-state index contributed by atoms with van der Waals surface area (Å²) in [6.45, 7) is 2.79. The zero-order valence-corrected chi connectivity index (χ0v) is 10.3. The van der Waals surface area contributed by atoms with Crippen LogP contribution in [0.25, 0.3) is 0 Å². The topological polar surface area (TPSA) is 20.3 Å². The maximum Gasteiger partial charge on any atom is 0.176 e. The maximum absolute atomic E-state index is 11.7. The van der Waals surface area contributed by atoms with Gasteiger partial charge in [-0.3, -0.25) is 4.79 Å². The van der Waals surface area contributed by atoms with Gasteiger partial charge in [0.15, 0.2) is 5.78 Å². The van der Waals surface area contributed by atoms with Gasteiger partial charge in [-0.25, -0.2) is 0 Å². The molecule has 1 rings (SSSR count). The molecule has 0 radical (unpaired) electrons. The highest BCUT2D eigenvalue weighted by Gasteiger charge is 2.16. The summed E-state index contributed by atoms with van der Waals surface area (Å²) in [5.41, 5.74) is 0. The molecule has 4 heteroatoms. The van der Waals surface area contributed by atoms with Crippen LogP contribution in [0.3, 0.4) is 0 Å². The molecule has 0 saturated carbocycles. The van der Waals surface area contributed by atoms with E-state index in [0.717, 1.165) is 11.4 Å². The van der Waals surface area contributed by atoms with Crippen LogP contribution in [-0.4, -0.2) is 31.3 Å². The predicted molar refractivity (Wildman–Crippen MR) is 63.6 cm³/mol. The Labute approximate surface area is 95.3 Å². The lowest BCUT2D eigenvalue weighted by Gasteiger charge is -2.14. The van der Waals surface area contributed by atoms with Gasteiger partial charge in [0.1, 0.15) is 0 Å². The Bertz CT molecular complexity index is 272. The van der Waals surface area contributed by atoms with Gasteiger partial charge in [-0.2, -0.15) is 0 Å². The minimum atomic E-state index is 0. The minimum absolute atomic E-state index is 0. The zero-order valence-electron chi connectivity index (χ0n) is 8.69. The standard InChI is InChI=1S/C10H15NOS.ClH/c1-8(7-11(2)3)10(12)9-5-4-6-13-9;/h4-6,8H,7H2,1-3H3;1H. The van der Waals surface area contributed by atoms with Crippen molar-refractivity contribution >= 4 is 29.5 Å². The molecule has 1 aromatic heterocycles. The van der Waals surface area contributed by atoms with E-state index >= 15 is 0 Å². The Morgan fingerprint density at radius 3 is 2.64 bits per heavy atom. The molecule has 0 aliphatic carbocycles. The predicted octanol–water partition coefficient (Wildman–Crippen LogP) is 2.55. The number of rotatable bonds is 4. The van der Waals surface area contributed by atoms with Crippen LogP contribution >= 0.6 is 23.7 Å². The smallest absolute Gasteiger partial charge is 0.176 e. The van der Waals surface area contributed by atoms with E-state index in [9.17, 15) is 4.79 Å². The van der Waals surface area contributed by atoms with Gasteiger partial charge in [-0.15, -0.1) is 23.7 Å². The van der Waals surface area contributed by atoms with E-state index < -0.39 is 0 Å². The maximum atomic E-state index is 11.7. The van der Waals surface area contributed by atoms with Crippen LogP contribution in [0.5, 0.6) is 0 Å². The molecule has 0 amide bonds. The first-order valence-corrected chi connectivity index (χ1v) is 5.21. The molecule has 0 aromatic carbocycles. The third-order valence-electron chi connectivity index (χ3n) is 1.85. The van der Waals surface area contributed by atoms with E-state index in [1.165, 1.54) is 11.3 Å². The molecule has 2 nitrogen and oxygen atoms in total. The summed E-state index contributed by atoms with van der Waals surface area (Å²) in [5, 5.41) is 1.94. The summed E-state index contributed by atoms with van der Waals surface area (Å²) in [7, 11) is 3.97. The van der Waals surface area contributed by atoms with Crippen molar-refractivity contribution in [1.82, 2.24) is 4.90 Å². The van der Waals surface area contributed by atoms with Crippen molar-refractivity contribution in [2.24, 2.45) is 5.92 Å². The first-order valence-electron chi connectivity index (χ1n) is 4.33. The van der Waals surface area contributed by atoms with Gasteiger partial charge in [-0.05, 0) is 25.5 Å². The summed E-state index contributed by atoms with van der Waals surface area (Å²) in [6.07, 6.45) is 0. The Morgan fingerprint density at radius 2 is 2.21 bits per heavy atom. The van der Waals surface area contributed by atoms with Crippen LogP contribution in [0.4, 0.5) is 0 Å². The van der Waals surface area contributed by atoms with Crippen molar-refractivity contribution in [2.45, 2.75) is 6.92 Å². The van der Waals surface area contributed by atoms with Crippen molar-refractivity contribution in [3.63, 3.8) is 0 Å². The summed E-state index contributed by atoms with van der Waals surface area (Å²) in [4.78, 5) is 14.6. The molecule has 0 spiro atoms. The first-order chi connectivity index (χ1) is 6.11. The third kappa shape index (κ3) is 3.78. The number of carbonyl (C=O) groups excluding carboxylic acids is 1. The first kappa shape index (κ1) is 13.6. The molecule has 0 fully saturated rings. The summed E-state index contributed by atoms with van der Waals surface area (Å²) < 4.78 is 0. The number of nitrogens with zero attached hydrogens (tertiary/aromatic N) is 1. The van der Waals surface area contributed by atoms with Gasteiger partial charge in [0.2, 0.25) is 0 Å². The molecule has 1 unspecified atom stereocenters. The monoisotopic (exact) mass is 233 g/mol. The number of hydrogen-bond donors (Lipinski definition) is 0. The summed E-state index contributed by atoms with van der Waals surface area (Å²) in [6, 6.07) is 3.80. The van der Waals surface area contributed by atoms with Crippen molar-refractivity contribution in [3.8, 4) is 0 Å². The molecule has 1 aromatic rings. The highest BCUT2D eigenvalue weighted by molar-refractivity contribution is 7.12. The molecule has 1 atom stereocenters. The summed E-state index contributed by atoms with van der Waals surface area (Å²) in [5.74, 6) is 0.345. The van der Waals surface area contributed by atoms with Crippen LogP contribution in [0.2, 0.25) is 0 Å². The van der Waals surface area contributed by atoms with Gasteiger partial charge < -0.3 is 4.90 Å². The number of halogens is 1. The average Bonchev–Trinajstić information content (AvgIpc) is 2.53. The van der Waals surface area contributed by atoms with E-state index in [0.29, 0.717) is 0 Å². The van der Waals surface area contributed by atoms with Gasteiger partial charge in [0.05, 0.1) is 4.88 Å². The van der Waals surface area contributed by atoms with Gasteiger partial charge >= 0.3 is 0 Å². The molecule has 14 heavy (non-hydrogen) atoms. The van der Waals surface area contributed by atoms with Crippen LogP contribution in [0, 0.1) is 5.92 Å². The lowest BCUT2D eigenvalue weighted by Crippen LogP contribution is -2.25. The summed E-state index contributed by atoms with van der Waals surface area (Å²) >= 11 is 1.52. The largest absolute Gasteiger partial charge is 0.309 e. The van der Waals surface area contributed by atoms with Crippen LogP contribution in [-0.2, 0) is 0 Å². The molecular weight excluding hydrogens is 218 g/mol.